The Labute approximate surface area is 102 Å². The number of rotatable bonds is 1. The van der Waals surface area contributed by atoms with Crippen molar-refractivity contribution in [3.05, 3.63) is 11.3 Å². The second-order valence-electron chi connectivity index (χ2n) is 5.36. The van der Waals surface area contributed by atoms with Crippen LogP contribution in [0.1, 0.15) is 34.1 Å². The Bertz CT molecular complexity index is 355. The number of hydrogen-bond donors (Lipinski definition) is 2. The van der Waals surface area contributed by atoms with Crippen molar-refractivity contribution in [3.8, 4) is 0 Å². The van der Waals surface area contributed by atoms with Gasteiger partial charge in [-0.2, -0.15) is 0 Å². The first-order valence-corrected chi connectivity index (χ1v) is 5.72. The topological polar surface area (TPSA) is 79.4 Å². The summed E-state index contributed by atoms with van der Waals surface area (Å²) in [7, 11) is 0. The second kappa shape index (κ2) is 4.77. The quantitative estimate of drug-likeness (QED) is 0.686. The van der Waals surface area contributed by atoms with E-state index in [-0.39, 0.29) is 12.1 Å². The molecule has 5 heteroatoms. The van der Waals surface area contributed by atoms with Crippen LogP contribution < -0.4 is 5.73 Å². The molecule has 1 aliphatic heterocycles. The number of carbonyl (C=O) groups is 1. The normalized spacial score (nSPS) is 21.4. The lowest BCUT2D eigenvalue weighted by Gasteiger charge is -2.35. The van der Waals surface area contributed by atoms with E-state index in [2.05, 4.69) is 0 Å². The van der Waals surface area contributed by atoms with E-state index < -0.39 is 5.60 Å². The predicted octanol–water partition coefficient (Wildman–Crippen LogP) is 1.88. The van der Waals surface area contributed by atoms with Gasteiger partial charge in [-0.25, -0.2) is 4.79 Å². The summed E-state index contributed by atoms with van der Waals surface area (Å²) in [5.74, 6) is 0. The number of nitrogens with two attached hydrogens (primary N) is 1. The molecule has 1 atom stereocenters. The van der Waals surface area contributed by atoms with Gasteiger partial charge in [-0.3, -0.25) is 4.90 Å². The zero-order valence-corrected chi connectivity index (χ0v) is 10.9. The Morgan fingerprint density at radius 1 is 1.59 bits per heavy atom. The van der Waals surface area contributed by atoms with Crippen LogP contribution in [0.5, 0.6) is 0 Å². The molecule has 0 saturated heterocycles. The minimum Gasteiger partial charge on any atom is -0.444 e. The molecule has 0 saturated carbocycles. The van der Waals surface area contributed by atoms with Crippen LogP contribution in [0.4, 0.5) is 4.79 Å². The lowest BCUT2D eigenvalue weighted by Crippen LogP contribution is -2.47. The van der Waals surface area contributed by atoms with Crippen LogP contribution in [-0.2, 0) is 4.74 Å². The highest BCUT2D eigenvalue weighted by Gasteiger charge is 2.30. The first-order valence-electron chi connectivity index (χ1n) is 5.72. The summed E-state index contributed by atoms with van der Waals surface area (Å²) < 4.78 is 5.32. The fraction of sp³-hybridized carbons (Fsp3) is 0.667. The first-order chi connectivity index (χ1) is 7.74. The maximum atomic E-state index is 11.9. The highest BCUT2D eigenvalue weighted by Crippen LogP contribution is 2.21. The summed E-state index contributed by atoms with van der Waals surface area (Å²) in [6, 6.07) is 0.00810. The molecule has 1 aliphatic rings. The van der Waals surface area contributed by atoms with Crippen LogP contribution in [0.15, 0.2) is 11.3 Å². The Kier molecular flexibility index (Phi) is 3.80. The number of hydrogen-bond acceptors (Lipinski definition) is 4. The van der Waals surface area contributed by atoms with Crippen molar-refractivity contribution >= 4 is 12.3 Å². The smallest absolute Gasteiger partial charge is 0.410 e. The fourth-order valence-corrected chi connectivity index (χ4v) is 1.72. The van der Waals surface area contributed by atoms with Crippen molar-refractivity contribution in [2.45, 2.75) is 45.8 Å². The third-order valence-corrected chi connectivity index (χ3v) is 2.60. The van der Waals surface area contributed by atoms with Crippen molar-refractivity contribution < 1.29 is 9.53 Å². The maximum Gasteiger partial charge on any atom is 0.410 e. The molecule has 1 unspecified atom stereocenters. The molecule has 0 aromatic heterocycles. The Hall–Kier alpha value is -1.52. The first kappa shape index (κ1) is 13.5. The van der Waals surface area contributed by atoms with Crippen LogP contribution in [-0.4, -0.2) is 35.4 Å². The molecule has 1 heterocycles. The van der Waals surface area contributed by atoms with Gasteiger partial charge in [0, 0.05) is 18.0 Å². The zero-order chi connectivity index (χ0) is 13.2. The lowest BCUT2D eigenvalue weighted by molar-refractivity contribution is 0.0184. The molecule has 1 amide bonds. The van der Waals surface area contributed by atoms with E-state index in [0.29, 0.717) is 18.7 Å². The molecule has 0 radical (unpaired) electrons. The maximum absolute atomic E-state index is 11.9. The zero-order valence-electron chi connectivity index (χ0n) is 10.9. The van der Waals surface area contributed by atoms with Crippen molar-refractivity contribution in [2.75, 3.05) is 6.54 Å². The summed E-state index contributed by atoms with van der Waals surface area (Å²) in [6.07, 6.45) is 1.52. The van der Waals surface area contributed by atoms with E-state index in [4.69, 9.17) is 15.9 Å². The van der Waals surface area contributed by atoms with Crippen molar-refractivity contribution in [3.63, 3.8) is 0 Å². The molecule has 0 bridgehead atoms. The second-order valence-corrected chi connectivity index (χ2v) is 5.36. The Morgan fingerprint density at radius 3 is 2.65 bits per heavy atom. The van der Waals surface area contributed by atoms with Crippen LogP contribution in [0.25, 0.3) is 0 Å². The summed E-state index contributed by atoms with van der Waals surface area (Å²) in [6.45, 7) is 7.77. The van der Waals surface area contributed by atoms with Gasteiger partial charge in [-0.05, 0) is 39.7 Å². The third kappa shape index (κ3) is 3.47. The molecule has 3 N–H and O–H groups in total. The van der Waals surface area contributed by atoms with E-state index in [1.165, 1.54) is 6.21 Å². The van der Waals surface area contributed by atoms with E-state index in [0.717, 1.165) is 5.57 Å². The van der Waals surface area contributed by atoms with Crippen molar-refractivity contribution in [2.24, 2.45) is 5.73 Å². The average Bonchev–Trinajstić information content (AvgIpc) is 2.18. The lowest BCUT2D eigenvalue weighted by atomic mass is 10.0. The number of carbonyl (C=O) groups excluding carboxylic acids is 1. The largest absolute Gasteiger partial charge is 0.444 e. The van der Waals surface area contributed by atoms with Crippen LogP contribution in [0.2, 0.25) is 0 Å². The van der Waals surface area contributed by atoms with E-state index in [1.54, 1.807) is 4.90 Å². The van der Waals surface area contributed by atoms with E-state index in [1.807, 2.05) is 27.7 Å². The molecule has 0 spiro atoms. The van der Waals surface area contributed by atoms with Gasteiger partial charge in [-0.15, -0.1) is 0 Å². The van der Waals surface area contributed by atoms with E-state index >= 15 is 0 Å². The molecular formula is C12H21N3O2. The van der Waals surface area contributed by atoms with Gasteiger partial charge in [0.1, 0.15) is 5.60 Å². The van der Waals surface area contributed by atoms with Crippen molar-refractivity contribution in [1.82, 2.24) is 4.90 Å². The van der Waals surface area contributed by atoms with Gasteiger partial charge in [0.05, 0.1) is 6.54 Å². The highest BCUT2D eigenvalue weighted by molar-refractivity contribution is 5.79. The molecular weight excluding hydrogens is 218 g/mol. The summed E-state index contributed by atoms with van der Waals surface area (Å²) >= 11 is 0. The Morgan fingerprint density at radius 2 is 2.18 bits per heavy atom. The summed E-state index contributed by atoms with van der Waals surface area (Å²) in [4.78, 5) is 13.5. The van der Waals surface area contributed by atoms with Crippen molar-refractivity contribution in [1.29, 1.82) is 5.41 Å². The van der Waals surface area contributed by atoms with Gasteiger partial charge in [-0.1, -0.05) is 0 Å². The molecule has 0 aliphatic carbocycles. The predicted molar refractivity (Wildman–Crippen MR) is 67.0 cm³/mol. The molecule has 0 aromatic rings. The minimum atomic E-state index is -0.503. The standard InChI is InChI=1S/C12H21N3O2/c1-8-5-9(6-13)10(14)7-15(8)11(16)17-12(2,3)4/h6,8,13H,5,7,14H2,1-4H3. The Balaban J connectivity index is 2.78. The molecule has 1 rings (SSSR count). The number of amides is 1. The minimum absolute atomic E-state index is 0.00810. The molecule has 17 heavy (non-hydrogen) atoms. The third-order valence-electron chi connectivity index (χ3n) is 2.60. The highest BCUT2D eigenvalue weighted by atomic mass is 16.6. The number of ether oxygens (including phenoxy) is 1. The SMILES string of the molecule is CC1CC(C=N)=C(N)CN1C(=O)OC(C)(C)C. The average molecular weight is 239 g/mol. The van der Waals surface area contributed by atoms with Crippen LogP contribution in [0, 0.1) is 5.41 Å². The molecule has 5 nitrogen and oxygen atoms in total. The van der Waals surface area contributed by atoms with Crippen LogP contribution >= 0.6 is 0 Å². The summed E-state index contributed by atoms with van der Waals surface area (Å²) in [5.41, 5.74) is 6.70. The van der Waals surface area contributed by atoms with Gasteiger partial charge in [0.25, 0.3) is 0 Å². The molecule has 0 aromatic carbocycles. The van der Waals surface area contributed by atoms with Gasteiger partial charge in [0.15, 0.2) is 0 Å². The molecule has 96 valence electrons. The fourth-order valence-electron chi connectivity index (χ4n) is 1.72. The monoisotopic (exact) mass is 239 g/mol. The van der Waals surface area contributed by atoms with Gasteiger partial charge >= 0.3 is 6.09 Å². The van der Waals surface area contributed by atoms with Crippen LogP contribution in [0.3, 0.4) is 0 Å². The molecule has 0 fully saturated rings. The number of nitrogens with zero attached hydrogens (tertiary/aromatic N) is 1. The summed E-state index contributed by atoms with van der Waals surface area (Å²) in [5, 5.41) is 7.24. The number of nitrogens with one attached hydrogen (secondary N) is 1. The van der Waals surface area contributed by atoms with Gasteiger partial charge < -0.3 is 15.9 Å². The van der Waals surface area contributed by atoms with Gasteiger partial charge in [0.2, 0.25) is 0 Å². The van der Waals surface area contributed by atoms with E-state index in [9.17, 15) is 4.79 Å².